The SMILES string of the molecule is COc1ccc(CCNc2nncc(Nc3cccc(C)c3)n2)cc1. The zero-order chi connectivity index (χ0) is 17.5. The van der Waals surface area contributed by atoms with Crippen molar-refractivity contribution in [2.24, 2.45) is 0 Å². The van der Waals surface area contributed by atoms with E-state index in [4.69, 9.17) is 4.74 Å². The molecule has 0 aliphatic heterocycles. The third-order valence-corrected chi connectivity index (χ3v) is 3.71. The summed E-state index contributed by atoms with van der Waals surface area (Å²) >= 11 is 0. The first-order chi connectivity index (χ1) is 12.2. The van der Waals surface area contributed by atoms with Crippen molar-refractivity contribution >= 4 is 17.5 Å². The molecule has 0 saturated carbocycles. The fourth-order valence-electron chi connectivity index (χ4n) is 2.42. The summed E-state index contributed by atoms with van der Waals surface area (Å²) in [5, 5.41) is 14.5. The molecule has 6 nitrogen and oxygen atoms in total. The van der Waals surface area contributed by atoms with Gasteiger partial charge in [-0.25, -0.2) is 0 Å². The molecule has 6 heteroatoms. The number of ether oxygens (including phenoxy) is 1. The third-order valence-electron chi connectivity index (χ3n) is 3.71. The fraction of sp³-hybridized carbons (Fsp3) is 0.211. The highest BCUT2D eigenvalue weighted by Gasteiger charge is 2.02. The third kappa shape index (κ3) is 4.91. The predicted octanol–water partition coefficient (Wildman–Crippen LogP) is 3.59. The van der Waals surface area contributed by atoms with Gasteiger partial charge in [0.25, 0.3) is 0 Å². The number of benzene rings is 2. The summed E-state index contributed by atoms with van der Waals surface area (Å²) in [5.74, 6) is 2.03. The first-order valence-electron chi connectivity index (χ1n) is 8.13. The minimum Gasteiger partial charge on any atom is -0.497 e. The van der Waals surface area contributed by atoms with Gasteiger partial charge in [0.1, 0.15) is 5.75 Å². The monoisotopic (exact) mass is 335 g/mol. The van der Waals surface area contributed by atoms with E-state index >= 15 is 0 Å². The van der Waals surface area contributed by atoms with Gasteiger partial charge in [0.05, 0.1) is 13.3 Å². The van der Waals surface area contributed by atoms with E-state index < -0.39 is 0 Å². The van der Waals surface area contributed by atoms with Crippen LogP contribution in [-0.2, 0) is 6.42 Å². The summed E-state index contributed by atoms with van der Waals surface area (Å²) in [6.45, 7) is 2.78. The Bertz CT molecular complexity index is 820. The van der Waals surface area contributed by atoms with Crippen molar-refractivity contribution < 1.29 is 4.74 Å². The minimum absolute atomic E-state index is 0.506. The van der Waals surface area contributed by atoms with Gasteiger partial charge < -0.3 is 15.4 Å². The van der Waals surface area contributed by atoms with Crippen molar-refractivity contribution in [1.82, 2.24) is 15.2 Å². The fourth-order valence-corrected chi connectivity index (χ4v) is 2.42. The maximum atomic E-state index is 5.16. The summed E-state index contributed by atoms with van der Waals surface area (Å²) < 4.78 is 5.16. The van der Waals surface area contributed by atoms with Crippen LogP contribution in [0.3, 0.4) is 0 Å². The second-order valence-corrected chi connectivity index (χ2v) is 5.68. The molecule has 1 aromatic heterocycles. The van der Waals surface area contributed by atoms with Crippen LogP contribution in [0.1, 0.15) is 11.1 Å². The van der Waals surface area contributed by atoms with Gasteiger partial charge in [-0.3, -0.25) is 0 Å². The molecule has 1 heterocycles. The predicted molar refractivity (Wildman–Crippen MR) is 99.5 cm³/mol. The van der Waals surface area contributed by atoms with Gasteiger partial charge in [-0.05, 0) is 48.7 Å². The summed E-state index contributed by atoms with van der Waals surface area (Å²) in [5.41, 5.74) is 3.38. The highest BCUT2D eigenvalue weighted by atomic mass is 16.5. The highest BCUT2D eigenvalue weighted by molar-refractivity contribution is 5.56. The largest absolute Gasteiger partial charge is 0.497 e. The molecule has 0 fully saturated rings. The molecule has 2 N–H and O–H groups in total. The van der Waals surface area contributed by atoms with E-state index in [-0.39, 0.29) is 0 Å². The zero-order valence-corrected chi connectivity index (χ0v) is 14.4. The Kier molecular flexibility index (Phi) is 5.41. The Labute approximate surface area is 147 Å². The first-order valence-corrected chi connectivity index (χ1v) is 8.13. The van der Waals surface area contributed by atoms with Crippen molar-refractivity contribution in [1.29, 1.82) is 0 Å². The van der Waals surface area contributed by atoms with Crippen LogP contribution in [0.15, 0.2) is 54.7 Å². The van der Waals surface area contributed by atoms with Gasteiger partial charge >= 0.3 is 0 Å². The number of methoxy groups -OCH3 is 1. The molecule has 3 rings (SSSR count). The van der Waals surface area contributed by atoms with Gasteiger partial charge in [-0.2, -0.15) is 10.1 Å². The molecule has 2 aromatic carbocycles. The van der Waals surface area contributed by atoms with Crippen molar-refractivity contribution in [2.75, 3.05) is 24.3 Å². The number of hydrogen-bond donors (Lipinski definition) is 2. The van der Waals surface area contributed by atoms with E-state index in [2.05, 4.69) is 57.0 Å². The van der Waals surface area contributed by atoms with Gasteiger partial charge in [0.15, 0.2) is 5.82 Å². The smallest absolute Gasteiger partial charge is 0.244 e. The van der Waals surface area contributed by atoms with Crippen molar-refractivity contribution in [2.45, 2.75) is 13.3 Å². The van der Waals surface area contributed by atoms with Gasteiger partial charge in [0, 0.05) is 12.2 Å². The average molecular weight is 335 g/mol. The van der Waals surface area contributed by atoms with Crippen LogP contribution >= 0.6 is 0 Å². The zero-order valence-electron chi connectivity index (χ0n) is 14.4. The van der Waals surface area contributed by atoms with Crippen LogP contribution in [0, 0.1) is 6.92 Å². The minimum atomic E-state index is 0.506. The average Bonchev–Trinajstić information content (AvgIpc) is 2.63. The molecule has 0 aliphatic carbocycles. The Morgan fingerprint density at radius 2 is 1.92 bits per heavy atom. The summed E-state index contributed by atoms with van der Waals surface area (Å²) in [7, 11) is 1.67. The maximum Gasteiger partial charge on any atom is 0.244 e. The molecule has 0 amide bonds. The normalized spacial score (nSPS) is 10.3. The second-order valence-electron chi connectivity index (χ2n) is 5.68. The van der Waals surface area contributed by atoms with Crippen LogP contribution in [0.25, 0.3) is 0 Å². The van der Waals surface area contributed by atoms with E-state index in [1.54, 1.807) is 13.3 Å². The van der Waals surface area contributed by atoms with E-state index in [0.29, 0.717) is 11.8 Å². The highest BCUT2D eigenvalue weighted by Crippen LogP contribution is 2.16. The Morgan fingerprint density at radius 3 is 2.68 bits per heavy atom. The molecule has 0 radical (unpaired) electrons. The molecular formula is C19H21N5O. The maximum absolute atomic E-state index is 5.16. The molecule has 25 heavy (non-hydrogen) atoms. The lowest BCUT2D eigenvalue weighted by Gasteiger charge is -2.08. The molecule has 3 aromatic rings. The molecule has 0 atom stereocenters. The van der Waals surface area contributed by atoms with E-state index in [0.717, 1.165) is 24.4 Å². The molecular weight excluding hydrogens is 314 g/mol. The van der Waals surface area contributed by atoms with Crippen molar-refractivity contribution in [3.63, 3.8) is 0 Å². The van der Waals surface area contributed by atoms with E-state index in [1.165, 1.54) is 11.1 Å². The topological polar surface area (TPSA) is 72.0 Å². The van der Waals surface area contributed by atoms with Gasteiger partial charge in [0.2, 0.25) is 5.95 Å². The Balaban J connectivity index is 1.56. The van der Waals surface area contributed by atoms with Gasteiger partial charge in [-0.15, -0.1) is 5.10 Å². The van der Waals surface area contributed by atoms with Crippen molar-refractivity contribution in [3.8, 4) is 5.75 Å². The number of aryl methyl sites for hydroxylation is 1. The van der Waals surface area contributed by atoms with Crippen LogP contribution in [0.5, 0.6) is 5.75 Å². The van der Waals surface area contributed by atoms with Crippen LogP contribution in [0.4, 0.5) is 17.5 Å². The van der Waals surface area contributed by atoms with E-state index in [1.807, 2.05) is 24.3 Å². The Hall–Kier alpha value is -3.15. The summed E-state index contributed by atoms with van der Waals surface area (Å²) in [6, 6.07) is 16.1. The molecule has 0 aliphatic rings. The number of hydrogen-bond acceptors (Lipinski definition) is 6. The molecule has 0 unspecified atom stereocenters. The Morgan fingerprint density at radius 1 is 1.08 bits per heavy atom. The lowest BCUT2D eigenvalue weighted by molar-refractivity contribution is 0.414. The number of anilines is 3. The summed E-state index contributed by atoms with van der Waals surface area (Å²) in [6.07, 6.45) is 2.47. The van der Waals surface area contributed by atoms with Crippen LogP contribution < -0.4 is 15.4 Å². The lowest BCUT2D eigenvalue weighted by Crippen LogP contribution is -2.09. The first kappa shape index (κ1) is 16.7. The number of aromatic nitrogens is 3. The van der Waals surface area contributed by atoms with E-state index in [9.17, 15) is 0 Å². The van der Waals surface area contributed by atoms with Crippen molar-refractivity contribution in [3.05, 3.63) is 65.9 Å². The molecule has 0 spiro atoms. The number of rotatable bonds is 7. The molecule has 0 saturated heterocycles. The number of nitrogens with one attached hydrogen (secondary N) is 2. The summed E-state index contributed by atoms with van der Waals surface area (Å²) in [4.78, 5) is 4.44. The molecule has 0 bridgehead atoms. The molecule has 128 valence electrons. The quantitative estimate of drug-likeness (QED) is 0.687. The van der Waals surface area contributed by atoms with Crippen LogP contribution in [0.2, 0.25) is 0 Å². The second kappa shape index (κ2) is 8.10. The van der Waals surface area contributed by atoms with Gasteiger partial charge in [-0.1, -0.05) is 24.3 Å². The lowest BCUT2D eigenvalue weighted by atomic mass is 10.1. The van der Waals surface area contributed by atoms with Crippen LogP contribution in [-0.4, -0.2) is 28.8 Å². The standard InChI is InChI=1S/C19H21N5O/c1-14-4-3-5-16(12-14)22-18-13-21-24-19(23-18)20-11-10-15-6-8-17(25-2)9-7-15/h3-9,12-13H,10-11H2,1-2H3,(H2,20,22,23,24). The number of nitrogens with zero attached hydrogens (tertiary/aromatic N) is 3.